The van der Waals surface area contributed by atoms with Crippen molar-refractivity contribution in [1.29, 1.82) is 5.41 Å². The van der Waals surface area contributed by atoms with Gasteiger partial charge in [0.05, 0.1) is 6.04 Å². The van der Waals surface area contributed by atoms with Gasteiger partial charge in [0.1, 0.15) is 18.7 Å². The van der Waals surface area contributed by atoms with Gasteiger partial charge in [-0.05, 0) is 50.5 Å². The SMILES string of the molecule is CCCCOC(OCCCC)[C@H](CCCNC(=N)N)NC(=O)[C@@H]1CCCN1C(=O)[C@H]1CCC(=O)N1C(=O)OCc1ccccc1.Cl. The van der Waals surface area contributed by atoms with Gasteiger partial charge in [-0.15, -0.1) is 12.4 Å². The minimum atomic E-state index is -1.02. The van der Waals surface area contributed by atoms with Crippen molar-refractivity contribution in [3.63, 3.8) is 0 Å². The molecule has 4 amide bonds. The van der Waals surface area contributed by atoms with E-state index in [1.54, 1.807) is 12.1 Å². The van der Waals surface area contributed by atoms with Crippen LogP contribution in [-0.4, -0.2) is 90.3 Å². The molecule has 3 atom stereocenters. The topological polar surface area (TPSA) is 176 Å². The first-order chi connectivity index (χ1) is 21.8. The van der Waals surface area contributed by atoms with Crippen LogP contribution in [0.3, 0.4) is 0 Å². The number of carbonyl (C=O) groups excluding carboxylic acids is 4. The molecule has 2 saturated heterocycles. The van der Waals surface area contributed by atoms with Crippen LogP contribution in [0.25, 0.3) is 0 Å². The third-order valence-electron chi connectivity index (χ3n) is 7.96. The van der Waals surface area contributed by atoms with Gasteiger partial charge in [0.25, 0.3) is 0 Å². The number of rotatable bonds is 18. The Morgan fingerprint density at radius 2 is 1.70 bits per heavy atom. The molecular weight excluding hydrogens is 616 g/mol. The molecule has 2 aliphatic rings. The molecule has 14 heteroatoms. The molecular formula is C32H51ClN6O7. The maximum atomic E-state index is 13.8. The highest BCUT2D eigenvalue weighted by Gasteiger charge is 2.46. The highest BCUT2D eigenvalue weighted by atomic mass is 35.5. The molecule has 0 spiro atoms. The number of hydrogen-bond acceptors (Lipinski definition) is 8. The lowest BCUT2D eigenvalue weighted by Crippen LogP contribution is -2.56. The van der Waals surface area contributed by atoms with Gasteiger partial charge in [-0.3, -0.25) is 19.8 Å². The summed E-state index contributed by atoms with van der Waals surface area (Å²) >= 11 is 0. The summed E-state index contributed by atoms with van der Waals surface area (Å²) in [5.74, 6) is -1.38. The maximum absolute atomic E-state index is 13.8. The molecule has 1 aromatic rings. The quantitative estimate of drug-likeness (QED) is 0.0791. The van der Waals surface area contributed by atoms with E-state index in [4.69, 9.17) is 25.4 Å². The summed E-state index contributed by atoms with van der Waals surface area (Å²) in [5, 5.41) is 13.3. The van der Waals surface area contributed by atoms with Gasteiger partial charge in [0.15, 0.2) is 12.2 Å². The zero-order valence-electron chi connectivity index (χ0n) is 27.0. The van der Waals surface area contributed by atoms with Gasteiger partial charge < -0.3 is 35.5 Å². The van der Waals surface area contributed by atoms with E-state index in [1.165, 1.54) is 4.90 Å². The van der Waals surface area contributed by atoms with Crippen LogP contribution in [-0.2, 0) is 35.2 Å². The molecule has 2 heterocycles. The van der Waals surface area contributed by atoms with Crippen molar-refractivity contribution in [3.05, 3.63) is 35.9 Å². The third kappa shape index (κ3) is 11.7. The Balaban J connectivity index is 0.00000736. The molecule has 1 aromatic carbocycles. The number of likely N-dealkylation sites (tertiary alicyclic amines) is 2. The van der Waals surface area contributed by atoms with Crippen LogP contribution in [0.5, 0.6) is 0 Å². The lowest BCUT2D eigenvalue weighted by Gasteiger charge is -2.32. The van der Waals surface area contributed by atoms with Gasteiger partial charge in [0, 0.05) is 32.7 Å². The molecule has 0 radical (unpaired) electrons. The summed E-state index contributed by atoms with van der Waals surface area (Å²) in [7, 11) is 0. The second-order valence-electron chi connectivity index (χ2n) is 11.5. The fourth-order valence-corrected chi connectivity index (χ4v) is 5.50. The summed E-state index contributed by atoms with van der Waals surface area (Å²) in [6, 6.07) is 6.80. The number of nitrogens with two attached hydrogens (primary N) is 1. The first-order valence-corrected chi connectivity index (χ1v) is 16.2. The van der Waals surface area contributed by atoms with Crippen LogP contribution in [0, 0.1) is 5.41 Å². The monoisotopic (exact) mass is 666 g/mol. The molecule has 13 nitrogen and oxygen atoms in total. The highest BCUT2D eigenvalue weighted by molar-refractivity contribution is 6.01. The van der Waals surface area contributed by atoms with Crippen LogP contribution in [0.4, 0.5) is 4.79 Å². The lowest BCUT2D eigenvalue weighted by atomic mass is 10.1. The number of amides is 4. The van der Waals surface area contributed by atoms with E-state index < -0.39 is 42.3 Å². The summed E-state index contributed by atoms with van der Waals surface area (Å²) < 4.78 is 17.6. The number of carbonyl (C=O) groups is 4. The minimum Gasteiger partial charge on any atom is -0.444 e. The molecule has 0 unspecified atom stereocenters. The maximum Gasteiger partial charge on any atom is 0.417 e. The fourth-order valence-electron chi connectivity index (χ4n) is 5.50. The second-order valence-corrected chi connectivity index (χ2v) is 11.5. The third-order valence-corrected chi connectivity index (χ3v) is 7.96. The van der Waals surface area contributed by atoms with Gasteiger partial charge in [-0.1, -0.05) is 57.0 Å². The summed E-state index contributed by atoms with van der Waals surface area (Å²) in [6.07, 6.45) is 4.39. The second kappa shape index (κ2) is 20.7. The number of hydrogen-bond donors (Lipinski definition) is 4. The van der Waals surface area contributed by atoms with Crippen molar-refractivity contribution >= 4 is 42.2 Å². The van der Waals surface area contributed by atoms with Crippen LogP contribution < -0.4 is 16.4 Å². The Labute approximate surface area is 278 Å². The summed E-state index contributed by atoms with van der Waals surface area (Å²) in [5.41, 5.74) is 6.20. The molecule has 0 aromatic heterocycles. The number of halogens is 1. The molecule has 0 saturated carbocycles. The van der Waals surface area contributed by atoms with Gasteiger partial charge in [0.2, 0.25) is 17.7 Å². The minimum absolute atomic E-state index is 0. The molecule has 3 rings (SSSR count). The number of unbranched alkanes of at least 4 members (excludes halogenated alkanes) is 2. The first-order valence-electron chi connectivity index (χ1n) is 16.2. The molecule has 46 heavy (non-hydrogen) atoms. The average Bonchev–Trinajstić information content (AvgIpc) is 3.68. The van der Waals surface area contributed by atoms with Crippen LogP contribution in [0.1, 0.15) is 83.6 Å². The van der Waals surface area contributed by atoms with E-state index in [-0.39, 0.29) is 43.7 Å². The van der Waals surface area contributed by atoms with Crippen molar-refractivity contribution in [1.82, 2.24) is 20.4 Å². The zero-order valence-corrected chi connectivity index (χ0v) is 27.9. The molecule has 5 N–H and O–H groups in total. The predicted octanol–water partition coefficient (Wildman–Crippen LogP) is 3.43. The largest absolute Gasteiger partial charge is 0.444 e. The zero-order chi connectivity index (χ0) is 32.6. The van der Waals surface area contributed by atoms with Crippen molar-refractivity contribution in [3.8, 4) is 0 Å². The number of imide groups is 1. The van der Waals surface area contributed by atoms with Crippen molar-refractivity contribution in [2.24, 2.45) is 5.73 Å². The number of ether oxygens (including phenoxy) is 3. The summed E-state index contributed by atoms with van der Waals surface area (Å²) in [4.78, 5) is 55.6. The Bertz CT molecular complexity index is 1120. The van der Waals surface area contributed by atoms with E-state index in [9.17, 15) is 19.2 Å². The normalized spacial score (nSPS) is 18.3. The van der Waals surface area contributed by atoms with Gasteiger partial charge >= 0.3 is 6.09 Å². The molecule has 0 bridgehead atoms. The van der Waals surface area contributed by atoms with Crippen molar-refractivity contribution in [2.45, 2.75) is 109 Å². The molecule has 258 valence electrons. The van der Waals surface area contributed by atoms with E-state index in [2.05, 4.69) is 24.5 Å². The van der Waals surface area contributed by atoms with E-state index in [1.807, 2.05) is 18.2 Å². The standard InChI is InChI=1S/C32H50N6O7.ClH/c1-3-5-20-43-30(44-21-6-4-2)24(14-10-18-35-31(33)34)36-28(40)25-15-11-19-37(25)29(41)26-16-17-27(39)38(26)32(42)45-22-23-12-8-7-9-13-23;/h7-9,12-13,24-26,30H,3-6,10-11,14-22H2,1-2H3,(H,36,40)(H4,33,34,35);1H/t24-,25-,26+;/m0./s1. The predicted molar refractivity (Wildman–Crippen MR) is 175 cm³/mol. The number of nitrogens with zero attached hydrogens (tertiary/aromatic N) is 2. The first kappa shape index (κ1) is 38.8. The fraction of sp³-hybridized carbons (Fsp3) is 0.656. The van der Waals surface area contributed by atoms with Crippen molar-refractivity contribution in [2.75, 3.05) is 26.3 Å². The lowest BCUT2D eigenvalue weighted by molar-refractivity contribution is -0.166. The smallest absolute Gasteiger partial charge is 0.417 e. The van der Waals surface area contributed by atoms with Gasteiger partial charge in [-0.25, -0.2) is 9.69 Å². The Kier molecular flexibility index (Phi) is 17.4. The molecule has 2 fully saturated rings. The Hall–Kier alpha value is -3.42. The van der Waals surface area contributed by atoms with Gasteiger partial charge in [-0.2, -0.15) is 0 Å². The number of guanidine groups is 1. The van der Waals surface area contributed by atoms with Crippen LogP contribution >= 0.6 is 12.4 Å². The number of benzene rings is 1. The van der Waals surface area contributed by atoms with Crippen LogP contribution in [0.2, 0.25) is 0 Å². The average molecular weight is 667 g/mol. The van der Waals surface area contributed by atoms with E-state index >= 15 is 0 Å². The van der Waals surface area contributed by atoms with Crippen molar-refractivity contribution < 1.29 is 33.4 Å². The highest BCUT2D eigenvalue weighted by Crippen LogP contribution is 2.27. The Morgan fingerprint density at radius 3 is 2.33 bits per heavy atom. The molecule has 0 aliphatic carbocycles. The van der Waals surface area contributed by atoms with E-state index in [0.29, 0.717) is 52.0 Å². The van der Waals surface area contributed by atoms with E-state index in [0.717, 1.165) is 36.1 Å². The molecule has 2 aliphatic heterocycles. The van der Waals surface area contributed by atoms with Crippen LogP contribution in [0.15, 0.2) is 30.3 Å². The summed E-state index contributed by atoms with van der Waals surface area (Å²) in [6.45, 7) is 5.84. The number of nitrogens with one attached hydrogen (secondary N) is 3. The Morgan fingerprint density at radius 1 is 1.02 bits per heavy atom.